The van der Waals surface area contributed by atoms with Crippen molar-refractivity contribution >= 4 is 0 Å². The zero-order valence-electron chi connectivity index (χ0n) is 11.9. The highest BCUT2D eigenvalue weighted by atomic mass is 16.5. The van der Waals surface area contributed by atoms with Gasteiger partial charge in [-0.25, -0.2) is 0 Å². The van der Waals surface area contributed by atoms with Gasteiger partial charge in [-0.05, 0) is 24.6 Å². The maximum Gasteiger partial charge on any atom is 0.123 e. The van der Waals surface area contributed by atoms with E-state index in [0.717, 1.165) is 25.4 Å². The molecule has 1 fully saturated rings. The van der Waals surface area contributed by atoms with Crippen LogP contribution in [0.25, 0.3) is 0 Å². The first kappa shape index (κ1) is 13.4. The van der Waals surface area contributed by atoms with E-state index < -0.39 is 0 Å². The molecule has 1 aromatic carbocycles. The van der Waals surface area contributed by atoms with Gasteiger partial charge in [-0.2, -0.15) is 0 Å². The predicted octanol–water partition coefficient (Wildman–Crippen LogP) is 2.39. The van der Waals surface area contributed by atoms with Crippen LogP contribution in [0.2, 0.25) is 0 Å². The van der Waals surface area contributed by atoms with Gasteiger partial charge in [0.25, 0.3) is 0 Å². The van der Waals surface area contributed by atoms with Crippen LogP contribution >= 0.6 is 0 Å². The van der Waals surface area contributed by atoms with Crippen LogP contribution in [0.5, 0.6) is 5.75 Å². The standard InChI is InChI=1S/C15H24N2O/c1-11(2)12-5-6-13(15(9-12)18-4)14-10-16-7-8-17(14)3/h5-6,9,11,14,16H,7-8,10H2,1-4H3. The summed E-state index contributed by atoms with van der Waals surface area (Å²) in [5.41, 5.74) is 2.62. The van der Waals surface area contributed by atoms with Crippen LogP contribution in [0.1, 0.15) is 36.9 Å². The Balaban J connectivity index is 2.31. The summed E-state index contributed by atoms with van der Waals surface area (Å²) in [6, 6.07) is 7.05. The Kier molecular flexibility index (Phi) is 4.25. The van der Waals surface area contributed by atoms with Crippen molar-refractivity contribution in [1.29, 1.82) is 0 Å². The minimum absolute atomic E-state index is 0.412. The highest BCUT2D eigenvalue weighted by molar-refractivity contribution is 5.41. The molecule has 3 heteroatoms. The third-order valence-corrected chi connectivity index (χ3v) is 3.79. The van der Waals surface area contributed by atoms with Gasteiger partial charge in [0.1, 0.15) is 5.75 Å². The minimum atomic E-state index is 0.412. The molecule has 0 aromatic heterocycles. The van der Waals surface area contributed by atoms with Gasteiger partial charge in [-0.1, -0.05) is 26.0 Å². The molecule has 1 saturated heterocycles. The molecule has 1 aliphatic rings. The minimum Gasteiger partial charge on any atom is -0.496 e. The fourth-order valence-corrected chi connectivity index (χ4v) is 2.52. The summed E-state index contributed by atoms with van der Waals surface area (Å²) in [5, 5.41) is 3.46. The van der Waals surface area contributed by atoms with Crippen LogP contribution in [0.15, 0.2) is 18.2 Å². The first-order chi connectivity index (χ1) is 8.63. The molecule has 0 spiro atoms. The number of rotatable bonds is 3. The van der Waals surface area contributed by atoms with Crippen molar-refractivity contribution in [2.24, 2.45) is 0 Å². The van der Waals surface area contributed by atoms with E-state index in [4.69, 9.17) is 4.74 Å². The second-order valence-electron chi connectivity index (χ2n) is 5.36. The van der Waals surface area contributed by atoms with E-state index in [1.54, 1.807) is 7.11 Å². The van der Waals surface area contributed by atoms with E-state index >= 15 is 0 Å². The molecular formula is C15H24N2O. The Hall–Kier alpha value is -1.06. The summed E-state index contributed by atoms with van der Waals surface area (Å²) >= 11 is 0. The Morgan fingerprint density at radius 1 is 1.39 bits per heavy atom. The molecule has 1 heterocycles. The summed E-state index contributed by atoms with van der Waals surface area (Å²) in [6.07, 6.45) is 0. The van der Waals surface area contributed by atoms with Gasteiger partial charge in [0, 0.05) is 25.2 Å². The Bertz CT molecular complexity index is 403. The lowest BCUT2D eigenvalue weighted by Gasteiger charge is -2.34. The third-order valence-electron chi connectivity index (χ3n) is 3.79. The SMILES string of the molecule is COc1cc(C(C)C)ccc1C1CNCCN1C. The van der Waals surface area contributed by atoms with E-state index in [1.165, 1.54) is 11.1 Å². The molecule has 100 valence electrons. The number of methoxy groups -OCH3 is 1. The van der Waals surface area contributed by atoms with Gasteiger partial charge >= 0.3 is 0 Å². The first-order valence-electron chi connectivity index (χ1n) is 6.72. The van der Waals surface area contributed by atoms with E-state index in [2.05, 4.69) is 49.3 Å². The molecule has 1 unspecified atom stereocenters. The van der Waals surface area contributed by atoms with Crippen LogP contribution in [0.3, 0.4) is 0 Å². The number of hydrogen-bond acceptors (Lipinski definition) is 3. The lowest BCUT2D eigenvalue weighted by Crippen LogP contribution is -2.43. The molecule has 1 N–H and O–H groups in total. The van der Waals surface area contributed by atoms with Crippen molar-refractivity contribution in [1.82, 2.24) is 10.2 Å². The molecule has 0 amide bonds. The molecule has 0 aliphatic carbocycles. The summed E-state index contributed by atoms with van der Waals surface area (Å²) in [4.78, 5) is 2.39. The maximum atomic E-state index is 5.58. The van der Waals surface area contributed by atoms with Gasteiger partial charge in [0.05, 0.1) is 13.2 Å². The topological polar surface area (TPSA) is 24.5 Å². The fourth-order valence-electron chi connectivity index (χ4n) is 2.52. The molecule has 0 saturated carbocycles. The summed E-state index contributed by atoms with van der Waals surface area (Å²) in [5.74, 6) is 1.55. The number of likely N-dealkylation sites (N-methyl/N-ethyl adjacent to an activating group) is 1. The van der Waals surface area contributed by atoms with Crippen molar-refractivity contribution in [3.63, 3.8) is 0 Å². The van der Waals surface area contributed by atoms with Crippen molar-refractivity contribution in [3.8, 4) is 5.75 Å². The van der Waals surface area contributed by atoms with Crippen molar-refractivity contribution in [2.75, 3.05) is 33.8 Å². The molecule has 0 radical (unpaired) electrons. The van der Waals surface area contributed by atoms with Gasteiger partial charge < -0.3 is 10.1 Å². The van der Waals surface area contributed by atoms with Crippen LogP contribution in [-0.2, 0) is 0 Å². The first-order valence-corrected chi connectivity index (χ1v) is 6.72. The smallest absolute Gasteiger partial charge is 0.123 e. The molecule has 2 rings (SSSR count). The molecule has 18 heavy (non-hydrogen) atoms. The summed E-state index contributed by atoms with van der Waals surface area (Å²) in [7, 11) is 3.94. The molecule has 1 atom stereocenters. The Morgan fingerprint density at radius 3 is 2.78 bits per heavy atom. The molecule has 1 aromatic rings. The van der Waals surface area contributed by atoms with E-state index in [1.807, 2.05) is 0 Å². The number of piperazine rings is 1. The van der Waals surface area contributed by atoms with Crippen molar-refractivity contribution in [2.45, 2.75) is 25.8 Å². The number of ether oxygens (including phenoxy) is 1. The van der Waals surface area contributed by atoms with Crippen LogP contribution in [0.4, 0.5) is 0 Å². The van der Waals surface area contributed by atoms with Crippen LogP contribution in [-0.4, -0.2) is 38.7 Å². The van der Waals surface area contributed by atoms with Gasteiger partial charge in [0.2, 0.25) is 0 Å². The average Bonchev–Trinajstić information content (AvgIpc) is 2.38. The monoisotopic (exact) mass is 248 g/mol. The third kappa shape index (κ3) is 2.68. The zero-order chi connectivity index (χ0) is 13.1. The number of nitrogens with one attached hydrogen (secondary N) is 1. The Morgan fingerprint density at radius 2 is 2.17 bits per heavy atom. The highest BCUT2D eigenvalue weighted by Crippen LogP contribution is 2.32. The fraction of sp³-hybridized carbons (Fsp3) is 0.600. The van der Waals surface area contributed by atoms with Crippen molar-refractivity contribution < 1.29 is 4.74 Å². The Labute approximate surface area is 110 Å². The summed E-state index contributed by atoms with van der Waals surface area (Å²) in [6.45, 7) is 7.57. The average molecular weight is 248 g/mol. The highest BCUT2D eigenvalue weighted by Gasteiger charge is 2.23. The van der Waals surface area contributed by atoms with Gasteiger partial charge in [0.15, 0.2) is 0 Å². The van der Waals surface area contributed by atoms with E-state index in [-0.39, 0.29) is 0 Å². The second-order valence-corrected chi connectivity index (χ2v) is 5.36. The summed E-state index contributed by atoms with van der Waals surface area (Å²) < 4.78 is 5.58. The number of hydrogen-bond donors (Lipinski definition) is 1. The van der Waals surface area contributed by atoms with Crippen LogP contribution < -0.4 is 10.1 Å². The van der Waals surface area contributed by atoms with Crippen LogP contribution in [0, 0.1) is 0 Å². The van der Waals surface area contributed by atoms with Gasteiger partial charge in [-0.3, -0.25) is 4.90 Å². The number of benzene rings is 1. The molecule has 1 aliphatic heterocycles. The van der Waals surface area contributed by atoms with Crippen molar-refractivity contribution in [3.05, 3.63) is 29.3 Å². The maximum absolute atomic E-state index is 5.58. The lowest BCUT2D eigenvalue weighted by molar-refractivity contribution is 0.198. The molecule has 0 bridgehead atoms. The van der Waals surface area contributed by atoms with E-state index in [0.29, 0.717) is 12.0 Å². The lowest BCUT2D eigenvalue weighted by atomic mass is 9.96. The zero-order valence-corrected chi connectivity index (χ0v) is 11.9. The predicted molar refractivity (Wildman–Crippen MR) is 75.3 cm³/mol. The molecule has 3 nitrogen and oxygen atoms in total. The largest absolute Gasteiger partial charge is 0.496 e. The number of nitrogens with zero attached hydrogens (tertiary/aromatic N) is 1. The quantitative estimate of drug-likeness (QED) is 0.889. The second kappa shape index (κ2) is 5.72. The molecular weight excluding hydrogens is 224 g/mol. The van der Waals surface area contributed by atoms with Gasteiger partial charge in [-0.15, -0.1) is 0 Å². The van der Waals surface area contributed by atoms with E-state index in [9.17, 15) is 0 Å². The normalized spacial score (nSPS) is 21.3.